The molecule has 0 atom stereocenters. The van der Waals surface area contributed by atoms with Crippen LogP contribution < -0.4 is 5.32 Å². The van der Waals surface area contributed by atoms with Gasteiger partial charge in [-0.15, -0.1) is 0 Å². The number of nitrogens with one attached hydrogen (secondary N) is 1. The molecule has 0 spiro atoms. The Hall–Kier alpha value is -1.10. The summed E-state index contributed by atoms with van der Waals surface area (Å²) in [5.41, 5.74) is 1.45. The zero-order chi connectivity index (χ0) is 10.4. The van der Waals surface area contributed by atoms with E-state index in [0.717, 1.165) is 5.56 Å². The largest absolute Gasteiger partial charge is 0.508 e. The van der Waals surface area contributed by atoms with Gasteiger partial charge in [-0.1, -0.05) is 12.1 Å². The van der Waals surface area contributed by atoms with Gasteiger partial charge in [0.05, 0.1) is 13.2 Å². The van der Waals surface area contributed by atoms with E-state index in [-0.39, 0.29) is 19.0 Å². The molecular formula is C10H15NO3. The Labute approximate surface area is 82.8 Å². The minimum atomic E-state index is -0.157. The van der Waals surface area contributed by atoms with Crippen LogP contribution in [-0.2, 0) is 13.2 Å². The highest BCUT2D eigenvalue weighted by Gasteiger charge is 2.00. The van der Waals surface area contributed by atoms with Crippen molar-refractivity contribution >= 4 is 0 Å². The first-order chi connectivity index (χ1) is 6.77. The van der Waals surface area contributed by atoms with Crippen molar-refractivity contribution in [1.82, 2.24) is 5.32 Å². The monoisotopic (exact) mass is 197 g/mol. The second-order valence-electron chi connectivity index (χ2n) is 3.02. The summed E-state index contributed by atoms with van der Waals surface area (Å²) in [4.78, 5) is 0. The molecule has 1 rings (SSSR count). The molecule has 0 bridgehead atoms. The van der Waals surface area contributed by atoms with Crippen LogP contribution in [0.25, 0.3) is 0 Å². The molecular weight excluding hydrogens is 182 g/mol. The maximum atomic E-state index is 9.41. The second-order valence-corrected chi connectivity index (χ2v) is 3.02. The third-order valence-corrected chi connectivity index (χ3v) is 1.94. The standard InChI is InChI=1S/C10H15NO3/c12-4-3-11-6-8-1-2-9(7-13)10(14)5-8/h1-2,5,11-14H,3-4,6-7H2. The van der Waals surface area contributed by atoms with Gasteiger partial charge < -0.3 is 20.6 Å². The van der Waals surface area contributed by atoms with Gasteiger partial charge in [-0.2, -0.15) is 0 Å². The van der Waals surface area contributed by atoms with Crippen LogP contribution in [0.1, 0.15) is 11.1 Å². The quantitative estimate of drug-likeness (QED) is 0.500. The molecule has 14 heavy (non-hydrogen) atoms. The Morgan fingerprint density at radius 3 is 2.57 bits per heavy atom. The minimum Gasteiger partial charge on any atom is -0.508 e. The van der Waals surface area contributed by atoms with Gasteiger partial charge >= 0.3 is 0 Å². The number of hydrogen-bond donors (Lipinski definition) is 4. The maximum Gasteiger partial charge on any atom is 0.121 e. The molecule has 0 heterocycles. The fourth-order valence-corrected chi connectivity index (χ4v) is 1.16. The molecule has 0 aliphatic heterocycles. The van der Waals surface area contributed by atoms with Crippen LogP contribution in [0.3, 0.4) is 0 Å². The molecule has 0 unspecified atom stereocenters. The first-order valence-electron chi connectivity index (χ1n) is 4.51. The summed E-state index contributed by atoms with van der Waals surface area (Å²) in [6, 6.07) is 5.12. The molecule has 78 valence electrons. The Balaban J connectivity index is 2.57. The number of aliphatic hydroxyl groups excluding tert-OH is 2. The summed E-state index contributed by atoms with van der Waals surface area (Å²) in [7, 11) is 0. The van der Waals surface area contributed by atoms with Crippen molar-refractivity contribution in [2.24, 2.45) is 0 Å². The fourth-order valence-electron chi connectivity index (χ4n) is 1.16. The van der Waals surface area contributed by atoms with Crippen molar-refractivity contribution in [2.45, 2.75) is 13.2 Å². The first kappa shape index (κ1) is 11.0. The van der Waals surface area contributed by atoms with Crippen LogP contribution in [0.15, 0.2) is 18.2 Å². The molecule has 4 N–H and O–H groups in total. The maximum absolute atomic E-state index is 9.41. The van der Waals surface area contributed by atoms with E-state index in [1.54, 1.807) is 12.1 Å². The van der Waals surface area contributed by atoms with E-state index in [9.17, 15) is 5.11 Å². The summed E-state index contributed by atoms with van der Waals surface area (Å²) in [5.74, 6) is 0.107. The predicted molar refractivity (Wildman–Crippen MR) is 52.8 cm³/mol. The van der Waals surface area contributed by atoms with Crippen molar-refractivity contribution in [3.05, 3.63) is 29.3 Å². The number of rotatable bonds is 5. The van der Waals surface area contributed by atoms with Gasteiger partial charge in [0.25, 0.3) is 0 Å². The van der Waals surface area contributed by atoms with E-state index >= 15 is 0 Å². The van der Waals surface area contributed by atoms with E-state index in [1.807, 2.05) is 6.07 Å². The molecule has 0 fully saturated rings. The van der Waals surface area contributed by atoms with Crippen LogP contribution in [0.2, 0.25) is 0 Å². The van der Waals surface area contributed by atoms with Gasteiger partial charge in [0.1, 0.15) is 5.75 Å². The summed E-state index contributed by atoms with van der Waals surface area (Å²) in [5, 5.41) is 29.8. The molecule has 0 aliphatic carbocycles. The average molecular weight is 197 g/mol. The molecule has 0 radical (unpaired) electrons. The third-order valence-electron chi connectivity index (χ3n) is 1.94. The lowest BCUT2D eigenvalue weighted by atomic mass is 10.1. The smallest absolute Gasteiger partial charge is 0.121 e. The molecule has 0 amide bonds. The average Bonchev–Trinajstić information content (AvgIpc) is 2.18. The highest BCUT2D eigenvalue weighted by atomic mass is 16.3. The summed E-state index contributed by atoms with van der Waals surface area (Å²) in [6.45, 7) is 1.07. The van der Waals surface area contributed by atoms with Crippen molar-refractivity contribution in [3.8, 4) is 5.75 Å². The number of hydrogen-bond acceptors (Lipinski definition) is 4. The molecule has 1 aromatic rings. The highest BCUT2D eigenvalue weighted by molar-refractivity contribution is 5.35. The van der Waals surface area contributed by atoms with Gasteiger partial charge in [-0.25, -0.2) is 0 Å². The fraction of sp³-hybridized carbons (Fsp3) is 0.400. The van der Waals surface area contributed by atoms with E-state index in [2.05, 4.69) is 5.32 Å². The number of phenols is 1. The molecule has 1 aromatic carbocycles. The lowest BCUT2D eigenvalue weighted by Gasteiger charge is -2.06. The van der Waals surface area contributed by atoms with E-state index in [1.165, 1.54) is 0 Å². The Morgan fingerprint density at radius 2 is 2.00 bits per heavy atom. The number of aliphatic hydroxyl groups is 2. The van der Waals surface area contributed by atoms with Crippen LogP contribution >= 0.6 is 0 Å². The minimum absolute atomic E-state index is 0.0979. The molecule has 0 aromatic heterocycles. The van der Waals surface area contributed by atoms with Crippen molar-refractivity contribution in [3.63, 3.8) is 0 Å². The topological polar surface area (TPSA) is 72.7 Å². The van der Waals surface area contributed by atoms with Gasteiger partial charge in [0.15, 0.2) is 0 Å². The van der Waals surface area contributed by atoms with Crippen molar-refractivity contribution in [1.29, 1.82) is 0 Å². The van der Waals surface area contributed by atoms with Crippen LogP contribution in [0.5, 0.6) is 5.75 Å². The number of aromatic hydroxyl groups is 1. The third kappa shape index (κ3) is 2.99. The molecule has 0 saturated carbocycles. The SMILES string of the molecule is OCCNCc1ccc(CO)c(O)c1. The highest BCUT2D eigenvalue weighted by Crippen LogP contribution is 2.18. The molecule has 4 nitrogen and oxygen atoms in total. The molecule has 0 saturated heterocycles. The second kappa shape index (κ2) is 5.59. The zero-order valence-corrected chi connectivity index (χ0v) is 7.90. The van der Waals surface area contributed by atoms with E-state index in [4.69, 9.17) is 10.2 Å². The predicted octanol–water partition coefficient (Wildman–Crippen LogP) is -0.0336. The van der Waals surface area contributed by atoms with Crippen LogP contribution in [-0.4, -0.2) is 28.5 Å². The molecule has 0 aliphatic rings. The Bertz CT molecular complexity index is 289. The van der Waals surface area contributed by atoms with Crippen LogP contribution in [0, 0.1) is 0 Å². The Morgan fingerprint density at radius 1 is 1.21 bits per heavy atom. The summed E-state index contributed by atoms with van der Waals surface area (Å²) in [6.07, 6.45) is 0. The molecule has 4 heteroatoms. The normalized spacial score (nSPS) is 10.4. The van der Waals surface area contributed by atoms with Crippen molar-refractivity contribution < 1.29 is 15.3 Å². The van der Waals surface area contributed by atoms with E-state index < -0.39 is 0 Å². The van der Waals surface area contributed by atoms with Crippen molar-refractivity contribution in [2.75, 3.05) is 13.2 Å². The Kier molecular flexibility index (Phi) is 4.39. The number of benzene rings is 1. The first-order valence-corrected chi connectivity index (χ1v) is 4.51. The van der Waals surface area contributed by atoms with Gasteiger partial charge in [-0.05, 0) is 11.6 Å². The van der Waals surface area contributed by atoms with Crippen LogP contribution in [0.4, 0.5) is 0 Å². The lowest BCUT2D eigenvalue weighted by Crippen LogP contribution is -2.17. The van der Waals surface area contributed by atoms with Gasteiger partial charge in [0, 0.05) is 18.7 Å². The lowest BCUT2D eigenvalue weighted by molar-refractivity contribution is 0.275. The van der Waals surface area contributed by atoms with Gasteiger partial charge in [0.2, 0.25) is 0 Å². The van der Waals surface area contributed by atoms with E-state index in [0.29, 0.717) is 18.7 Å². The summed E-state index contributed by atoms with van der Waals surface area (Å²) < 4.78 is 0. The van der Waals surface area contributed by atoms with Gasteiger partial charge in [-0.3, -0.25) is 0 Å². The summed E-state index contributed by atoms with van der Waals surface area (Å²) >= 11 is 0. The zero-order valence-electron chi connectivity index (χ0n) is 7.90.